The molecule has 2 aromatic carbocycles. The van der Waals surface area contributed by atoms with E-state index in [2.05, 4.69) is 31.9 Å². The highest BCUT2D eigenvalue weighted by Gasteiger charge is 2.67. The first-order valence-corrected chi connectivity index (χ1v) is 15.5. The van der Waals surface area contributed by atoms with Crippen molar-refractivity contribution in [2.24, 2.45) is 29.1 Å². The number of hydrogen-bond donors (Lipinski definition) is 1. The van der Waals surface area contributed by atoms with Crippen molar-refractivity contribution in [1.82, 2.24) is 4.90 Å². The summed E-state index contributed by atoms with van der Waals surface area (Å²) in [5.41, 5.74) is 0.165. The molecule has 0 aromatic heterocycles. The Morgan fingerprint density at radius 2 is 1.81 bits per heavy atom. The highest BCUT2D eigenvalue weighted by molar-refractivity contribution is 9.13. The maximum absolute atomic E-state index is 14.5. The third-order valence-electron chi connectivity index (χ3n) is 9.55. The van der Waals surface area contributed by atoms with Crippen LogP contribution in [0.3, 0.4) is 0 Å². The largest absolute Gasteiger partial charge is 0.503 e. The Hall–Kier alpha value is -2.76. The molecule has 6 unspecified atom stereocenters. The molecule has 2 aliphatic carbocycles. The molecule has 220 valence electrons. The number of nitrogens with zero attached hydrogens (tertiary/aromatic N) is 2. The minimum absolute atomic E-state index is 0.147. The standard InChI is InChI=1S/C30H26Br2ClFN2O6/c1-4-35-26(38)14-7-6-13-15(21(14)28(35)40)10-17-27(39)36(12-5-8-19(34)18(33)9-12)29(41)30(17,2)22(13)16-11-20(42-3)25(37)24(32)23(16)31/h5-6,8-9,11,14-15,17,21-22,37H,4,7,10H2,1-3H3. The zero-order valence-corrected chi connectivity index (χ0v) is 26.7. The van der Waals surface area contributed by atoms with Gasteiger partial charge in [0.05, 0.1) is 45.5 Å². The van der Waals surface area contributed by atoms with Crippen molar-refractivity contribution in [3.05, 3.63) is 61.3 Å². The number of methoxy groups -OCH3 is 1. The zero-order chi connectivity index (χ0) is 30.4. The van der Waals surface area contributed by atoms with E-state index in [9.17, 15) is 28.7 Å². The van der Waals surface area contributed by atoms with Crippen molar-refractivity contribution < 1.29 is 33.4 Å². The Bertz CT molecular complexity index is 1630. The Kier molecular flexibility index (Phi) is 7.09. The lowest BCUT2D eigenvalue weighted by atomic mass is 9.51. The van der Waals surface area contributed by atoms with Gasteiger partial charge in [-0.15, -0.1) is 0 Å². The molecule has 2 saturated heterocycles. The minimum atomic E-state index is -1.34. The number of amides is 4. The molecule has 0 spiro atoms. The maximum Gasteiger partial charge on any atom is 0.241 e. The van der Waals surface area contributed by atoms with Crippen LogP contribution in [-0.4, -0.2) is 47.3 Å². The van der Waals surface area contributed by atoms with Gasteiger partial charge in [-0.2, -0.15) is 0 Å². The molecular weight excluding hydrogens is 699 g/mol. The molecule has 0 bridgehead atoms. The molecule has 1 N–H and O–H groups in total. The van der Waals surface area contributed by atoms with E-state index in [0.29, 0.717) is 20.9 Å². The van der Waals surface area contributed by atoms with E-state index in [-0.39, 0.29) is 47.0 Å². The molecule has 1 saturated carbocycles. The van der Waals surface area contributed by atoms with Crippen molar-refractivity contribution in [2.75, 3.05) is 18.6 Å². The molecule has 3 fully saturated rings. The molecule has 4 amide bonds. The van der Waals surface area contributed by atoms with Crippen LogP contribution in [0.15, 0.2) is 44.9 Å². The summed E-state index contributed by atoms with van der Waals surface area (Å²) in [4.78, 5) is 57.8. The van der Waals surface area contributed by atoms with Crippen LogP contribution in [0.25, 0.3) is 0 Å². The van der Waals surface area contributed by atoms with Crippen molar-refractivity contribution in [1.29, 1.82) is 0 Å². The number of phenolic OH excluding ortho intramolecular Hbond substituents is 1. The monoisotopic (exact) mass is 722 g/mol. The number of phenols is 1. The fraction of sp³-hybridized carbons (Fsp3) is 0.400. The number of fused-ring (bicyclic) bond motifs is 4. The van der Waals surface area contributed by atoms with Crippen molar-refractivity contribution in [3.63, 3.8) is 0 Å². The summed E-state index contributed by atoms with van der Waals surface area (Å²) in [6, 6.07) is 5.32. The number of carbonyl (C=O) groups excluding carboxylic acids is 4. The molecule has 4 aliphatic rings. The first-order valence-electron chi connectivity index (χ1n) is 13.5. The molecule has 8 nitrogen and oxygen atoms in total. The highest BCUT2D eigenvalue weighted by atomic mass is 79.9. The SMILES string of the molecule is CCN1C(=O)C2CC=C3C(CC4C(=O)N(c5ccc(F)c(Cl)c5)C(=O)C4(C)C3c3cc(OC)c(O)c(Br)c3Br)C2C1=O. The second-order valence-corrected chi connectivity index (χ2v) is 13.3. The van der Waals surface area contributed by atoms with Crippen LogP contribution in [0.1, 0.15) is 38.2 Å². The summed E-state index contributed by atoms with van der Waals surface area (Å²) in [6.45, 7) is 3.74. The normalized spacial score (nSPS) is 30.4. The van der Waals surface area contributed by atoms with E-state index in [1.54, 1.807) is 19.9 Å². The Labute approximate surface area is 263 Å². The molecule has 6 atom stereocenters. The van der Waals surface area contributed by atoms with Crippen LogP contribution in [0.5, 0.6) is 11.5 Å². The van der Waals surface area contributed by atoms with Gasteiger partial charge < -0.3 is 9.84 Å². The minimum Gasteiger partial charge on any atom is -0.503 e. The van der Waals surface area contributed by atoms with Crippen LogP contribution < -0.4 is 9.64 Å². The lowest BCUT2D eigenvalue weighted by molar-refractivity contribution is -0.140. The number of allylic oxidation sites excluding steroid dienone is 2. The van der Waals surface area contributed by atoms with Crippen LogP contribution in [0.4, 0.5) is 10.1 Å². The van der Waals surface area contributed by atoms with Crippen LogP contribution >= 0.6 is 43.5 Å². The summed E-state index contributed by atoms with van der Waals surface area (Å²) >= 11 is 13.1. The highest BCUT2D eigenvalue weighted by Crippen LogP contribution is 2.65. The number of ether oxygens (including phenoxy) is 1. The van der Waals surface area contributed by atoms with Gasteiger partial charge in [-0.05, 0) is 94.3 Å². The predicted octanol–water partition coefficient (Wildman–Crippen LogP) is 5.97. The van der Waals surface area contributed by atoms with Crippen LogP contribution in [0, 0.1) is 34.9 Å². The van der Waals surface area contributed by atoms with E-state index in [1.807, 2.05) is 6.08 Å². The number of aromatic hydroxyl groups is 1. The number of hydrogen-bond acceptors (Lipinski definition) is 6. The fourth-order valence-electron chi connectivity index (χ4n) is 7.58. The molecular formula is C30H26Br2ClFN2O6. The number of carbonyl (C=O) groups is 4. The first-order chi connectivity index (χ1) is 19.9. The number of likely N-dealkylation sites (tertiary alicyclic amines) is 1. The zero-order valence-electron chi connectivity index (χ0n) is 22.8. The number of anilines is 1. The number of halogens is 4. The van der Waals surface area contributed by atoms with Gasteiger partial charge in [-0.3, -0.25) is 24.1 Å². The molecule has 6 rings (SSSR count). The van der Waals surface area contributed by atoms with Gasteiger partial charge in [0.1, 0.15) is 5.82 Å². The van der Waals surface area contributed by atoms with Crippen LogP contribution in [0.2, 0.25) is 5.02 Å². The van der Waals surface area contributed by atoms with E-state index >= 15 is 0 Å². The second kappa shape index (κ2) is 10.2. The third kappa shape index (κ3) is 3.81. The molecule has 0 radical (unpaired) electrons. The van der Waals surface area contributed by atoms with E-state index < -0.39 is 52.6 Å². The number of rotatable bonds is 4. The van der Waals surface area contributed by atoms with Gasteiger partial charge in [-0.25, -0.2) is 9.29 Å². The average Bonchev–Trinajstić information content (AvgIpc) is 3.33. The van der Waals surface area contributed by atoms with Crippen molar-refractivity contribution in [2.45, 2.75) is 32.6 Å². The number of benzene rings is 2. The van der Waals surface area contributed by atoms with Gasteiger partial charge in [0.15, 0.2) is 11.5 Å². The molecule has 12 heteroatoms. The molecule has 2 heterocycles. The predicted molar refractivity (Wildman–Crippen MR) is 158 cm³/mol. The van der Waals surface area contributed by atoms with E-state index in [4.69, 9.17) is 16.3 Å². The van der Waals surface area contributed by atoms with E-state index in [0.717, 1.165) is 16.5 Å². The summed E-state index contributed by atoms with van der Waals surface area (Å²) in [5.74, 6) is -5.45. The Balaban J connectivity index is 1.58. The summed E-state index contributed by atoms with van der Waals surface area (Å²) in [6.07, 6.45) is 2.44. The van der Waals surface area contributed by atoms with Gasteiger partial charge in [0, 0.05) is 16.9 Å². The quantitative estimate of drug-likeness (QED) is 0.308. The maximum atomic E-state index is 14.5. The van der Waals surface area contributed by atoms with Gasteiger partial charge in [-0.1, -0.05) is 23.3 Å². The third-order valence-corrected chi connectivity index (χ3v) is 12.0. The lowest BCUT2D eigenvalue weighted by Crippen LogP contribution is -2.49. The second-order valence-electron chi connectivity index (χ2n) is 11.3. The summed E-state index contributed by atoms with van der Waals surface area (Å²) in [5, 5.41) is 10.5. The topological polar surface area (TPSA) is 104 Å². The van der Waals surface area contributed by atoms with E-state index in [1.165, 1.54) is 24.1 Å². The average molecular weight is 725 g/mol. The van der Waals surface area contributed by atoms with Crippen LogP contribution in [-0.2, 0) is 19.2 Å². The molecule has 42 heavy (non-hydrogen) atoms. The fourth-order valence-corrected chi connectivity index (χ4v) is 8.71. The Morgan fingerprint density at radius 1 is 1.10 bits per heavy atom. The Morgan fingerprint density at radius 3 is 2.45 bits per heavy atom. The van der Waals surface area contributed by atoms with Crippen molar-refractivity contribution in [3.8, 4) is 11.5 Å². The van der Waals surface area contributed by atoms with Crippen molar-refractivity contribution >= 4 is 72.8 Å². The van der Waals surface area contributed by atoms with Gasteiger partial charge in [0.25, 0.3) is 0 Å². The number of imide groups is 2. The van der Waals surface area contributed by atoms with Gasteiger partial charge in [0.2, 0.25) is 23.6 Å². The summed E-state index contributed by atoms with van der Waals surface area (Å²) in [7, 11) is 1.41. The first kappa shape index (κ1) is 29.3. The molecule has 2 aliphatic heterocycles. The smallest absolute Gasteiger partial charge is 0.241 e. The summed E-state index contributed by atoms with van der Waals surface area (Å²) < 4.78 is 20.3. The lowest BCUT2D eigenvalue weighted by Gasteiger charge is -2.49. The van der Waals surface area contributed by atoms with Gasteiger partial charge >= 0.3 is 0 Å². The molecule has 2 aromatic rings.